The van der Waals surface area contributed by atoms with Crippen molar-refractivity contribution in [3.05, 3.63) is 46.5 Å². The molecule has 0 spiro atoms. The molecule has 0 bridgehead atoms. The molecule has 130 valence electrons. The number of halogens is 1. The molecule has 1 aromatic carbocycles. The number of nitrogens with zero attached hydrogens (tertiary/aromatic N) is 1. The second-order valence-electron chi connectivity index (χ2n) is 5.58. The summed E-state index contributed by atoms with van der Waals surface area (Å²) < 4.78 is 0. The van der Waals surface area contributed by atoms with Crippen molar-refractivity contribution in [3.63, 3.8) is 0 Å². The maximum absolute atomic E-state index is 12.2. The topological polar surface area (TPSA) is 75.4 Å². The van der Waals surface area contributed by atoms with Gasteiger partial charge in [0.25, 0.3) is 5.91 Å². The number of hydrogen-bond acceptors (Lipinski definition) is 4. The van der Waals surface area contributed by atoms with E-state index in [1.807, 2.05) is 42.2 Å². The minimum absolute atomic E-state index is 0.00923. The van der Waals surface area contributed by atoms with E-state index in [0.29, 0.717) is 17.9 Å². The molecule has 1 aromatic rings. The van der Waals surface area contributed by atoms with Gasteiger partial charge in [-0.25, -0.2) is 0 Å². The zero-order chi connectivity index (χ0) is 17.5. The minimum Gasteiger partial charge on any atom is -0.365 e. The second-order valence-corrected chi connectivity index (χ2v) is 7.46. The van der Waals surface area contributed by atoms with Crippen LogP contribution < -0.4 is 11.1 Å². The summed E-state index contributed by atoms with van der Waals surface area (Å²) >= 11 is 4.68. The van der Waals surface area contributed by atoms with Gasteiger partial charge in [-0.1, -0.05) is 58.0 Å². The first-order chi connectivity index (χ1) is 11.5. The van der Waals surface area contributed by atoms with Gasteiger partial charge in [0.1, 0.15) is 0 Å². The second kappa shape index (κ2) is 9.13. The lowest BCUT2D eigenvalue weighted by Crippen LogP contribution is -2.42. The normalized spacial score (nSPS) is 17.2. The molecular formula is C17H22BrN3O2S. The summed E-state index contributed by atoms with van der Waals surface area (Å²) in [5, 5.41) is 3.90. The first-order valence-corrected chi connectivity index (χ1v) is 9.86. The zero-order valence-electron chi connectivity index (χ0n) is 13.6. The molecule has 1 aliphatic rings. The van der Waals surface area contributed by atoms with Gasteiger partial charge in [0.15, 0.2) is 5.50 Å². The molecule has 1 aliphatic heterocycles. The summed E-state index contributed by atoms with van der Waals surface area (Å²) in [5.74, 6) is -0.461. The van der Waals surface area contributed by atoms with Gasteiger partial charge in [-0.05, 0) is 25.3 Å². The Morgan fingerprint density at radius 2 is 2.00 bits per heavy atom. The maximum atomic E-state index is 12.2. The van der Waals surface area contributed by atoms with Crippen LogP contribution in [0, 0.1) is 0 Å². The molecule has 0 aliphatic carbocycles. The molecule has 0 aromatic heterocycles. The summed E-state index contributed by atoms with van der Waals surface area (Å²) in [6, 6.07) is 9.95. The molecule has 5 nitrogen and oxygen atoms in total. The maximum Gasteiger partial charge on any atom is 0.257 e. The summed E-state index contributed by atoms with van der Waals surface area (Å²) in [6.07, 6.45) is 2.28. The third-order valence-corrected chi connectivity index (χ3v) is 5.65. The van der Waals surface area contributed by atoms with Crippen molar-refractivity contribution in [2.45, 2.75) is 38.2 Å². The van der Waals surface area contributed by atoms with Crippen molar-refractivity contribution >= 4 is 39.5 Å². The van der Waals surface area contributed by atoms with Crippen molar-refractivity contribution in [2.24, 2.45) is 5.73 Å². The largest absolute Gasteiger partial charge is 0.365 e. The lowest BCUT2D eigenvalue weighted by Gasteiger charge is -2.28. The molecule has 1 unspecified atom stereocenters. The number of primary amides is 1. The molecule has 3 N–H and O–H groups in total. The van der Waals surface area contributed by atoms with Crippen molar-refractivity contribution in [1.29, 1.82) is 0 Å². The lowest BCUT2D eigenvalue weighted by atomic mass is 10.2. The van der Waals surface area contributed by atoms with E-state index in [0.717, 1.165) is 29.4 Å². The Morgan fingerprint density at radius 3 is 2.62 bits per heavy atom. The Balaban J connectivity index is 2.08. The highest BCUT2D eigenvalue weighted by molar-refractivity contribution is 9.09. The number of carbonyl (C=O) groups excluding carboxylic acids is 2. The van der Waals surface area contributed by atoms with Gasteiger partial charge in [-0.3, -0.25) is 9.59 Å². The molecule has 7 heteroatoms. The number of amides is 2. The number of alkyl halides is 1. The van der Waals surface area contributed by atoms with E-state index >= 15 is 0 Å². The van der Waals surface area contributed by atoms with E-state index in [4.69, 9.17) is 5.73 Å². The van der Waals surface area contributed by atoms with Gasteiger partial charge in [-0.15, -0.1) is 0 Å². The van der Waals surface area contributed by atoms with Crippen LogP contribution in [0.1, 0.15) is 31.7 Å². The van der Waals surface area contributed by atoms with Crippen molar-refractivity contribution in [2.75, 3.05) is 5.33 Å². The predicted molar refractivity (Wildman–Crippen MR) is 101 cm³/mol. The van der Waals surface area contributed by atoms with Crippen LogP contribution in [0.5, 0.6) is 0 Å². The molecule has 0 radical (unpaired) electrons. The van der Waals surface area contributed by atoms with E-state index in [-0.39, 0.29) is 11.4 Å². The first-order valence-electron chi connectivity index (χ1n) is 7.86. The van der Waals surface area contributed by atoms with Gasteiger partial charge in [0.2, 0.25) is 5.91 Å². The summed E-state index contributed by atoms with van der Waals surface area (Å²) in [6.45, 7) is 2.48. The van der Waals surface area contributed by atoms with E-state index in [2.05, 4.69) is 21.2 Å². The average molecular weight is 412 g/mol. The standard InChI is InChI=1S/C17H22BrN3O2S/c1-12-15(16(19)23)24-17(20-14(22)9-5-6-10-18)21(12)11-13-7-3-2-4-8-13/h2-4,7-8,17H,5-6,9-11H2,1H3,(H2,19,23)(H,20,22). The summed E-state index contributed by atoms with van der Waals surface area (Å²) in [7, 11) is 0. The highest BCUT2D eigenvalue weighted by atomic mass is 79.9. The molecule has 1 heterocycles. The third-order valence-electron chi connectivity index (χ3n) is 3.76. The SMILES string of the molecule is CC1=C(C(N)=O)SC(NC(=O)CCCCBr)N1Cc1ccccc1. The van der Waals surface area contributed by atoms with Crippen molar-refractivity contribution in [1.82, 2.24) is 10.2 Å². The lowest BCUT2D eigenvalue weighted by molar-refractivity contribution is -0.122. The van der Waals surface area contributed by atoms with Crippen LogP contribution in [0.25, 0.3) is 0 Å². The van der Waals surface area contributed by atoms with E-state index in [9.17, 15) is 9.59 Å². The third kappa shape index (κ3) is 5.01. The van der Waals surface area contributed by atoms with E-state index < -0.39 is 5.91 Å². The van der Waals surface area contributed by atoms with Crippen LogP contribution in [-0.4, -0.2) is 27.5 Å². The fourth-order valence-electron chi connectivity index (χ4n) is 2.48. The molecule has 0 saturated heterocycles. The predicted octanol–water partition coefficient (Wildman–Crippen LogP) is 2.92. The Kier molecular flexibility index (Phi) is 7.17. The van der Waals surface area contributed by atoms with Crippen molar-refractivity contribution < 1.29 is 9.59 Å². The molecule has 24 heavy (non-hydrogen) atoms. The number of benzene rings is 1. The van der Waals surface area contributed by atoms with Crippen LogP contribution in [0.15, 0.2) is 40.9 Å². The highest BCUT2D eigenvalue weighted by Crippen LogP contribution is 2.37. The molecule has 0 saturated carbocycles. The Hall–Kier alpha value is -1.47. The quantitative estimate of drug-likeness (QED) is 0.509. The number of allylic oxidation sites excluding steroid dienone is 1. The number of carbonyl (C=O) groups is 2. The van der Waals surface area contributed by atoms with Gasteiger partial charge in [0, 0.05) is 24.0 Å². The number of nitrogens with one attached hydrogen (secondary N) is 1. The molecule has 2 amide bonds. The Bertz CT molecular complexity index is 622. The van der Waals surface area contributed by atoms with Crippen LogP contribution in [-0.2, 0) is 16.1 Å². The van der Waals surface area contributed by atoms with Crippen LogP contribution >= 0.6 is 27.7 Å². The molecule has 0 fully saturated rings. The molecule has 1 atom stereocenters. The van der Waals surface area contributed by atoms with Crippen LogP contribution in [0.2, 0.25) is 0 Å². The molecule has 2 rings (SSSR count). The monoisotopic (exact) mass is 411 g/mol. The number of thioether (sulfide) groups is 1. The smallest absolute Gasteiger partial charge is 0.257 e. The summed E-state index contributed by atoms with van der Waals surface area (Å²) in [5.41, 5.74) is 7.09. The molecular weight excluding hydrogens is 390 g/mol. The first kappa shape index (κ1) is 18.9. The van der Waals surface area contributed by atoms with Gasteiger partial charge in [0.05, 0.1) is 4.91 Å². The minimum atomic E-state index is -0.452. The number of rotatable bonds is 8. The summed E-state index contributed by atoms with van der Waals surface area (Å²) in [4.78, 5) is 26.3. The number of hydrogen-bond donors (Lipinski definition) is 2. The Morgan fingerprint density at radius 1 is 1.29 bits per heavy atom. The van der Waals surface area contributed by atoms with Gasteiger partial charge >= 0.3 is 0 Å². The highest BCUT2D eigenvalue weighted by Gasteiger charge is 2.33. The fraction of sp³-hybridized carbons (Fsp3) is 0.412. The zero-order valence-corrected chi connectivity index (χ0v) is 16.0. The van der Waals surface area contributed by atoms with Crippen LogP contribution in [0.4, 0.5) is 0 Å². The van der Waals surface area contributed by atoms with Gasteiger partial charge in [-0.2, -0.15) is 0 Å². The van der Waals surface area contributed by atoms with Crippen molar-refractivity contribution in [3.8, 4) is 0 Å². The van der Waals surface area contributed by atoms with Crippen LogP contribution in [0.3, 0.4) is 0 Å². The van der Waals surface area contributed by atoms with E-state index in [1.54, 1.807) is 0 Å². The van der Waals surface area contributed by atoms with Gasteiger partial charge < -0.3 is 16.0 Å². The number of unbranched alkanes of at least 4 members (excludes halogenated alkanes) is 1. The fourth-order valence-corrected chi connectivity index (χ4v) is 4.06. The van der Waals surface area contributed by atoms with E-state index in [1.165, 1.54) is 11.8 Å². The average Bonchev–Trinajstić information content (AvgIpc) is 2.85. The number of nitrogens with two attached hydrogens (primary N) is 1. The Labute approximate surface area is 155 Å².